The second-order valence-corrected chi connectivity index (χ2v) is 9.18. The molecule has 2 aliphatic heterocycles. The van der Waals surface area contributed by atoms with Crippen molar-refractivity contribution in [3.05, 3.63) is 0 Å². The molecule has 22 heavy (non-hydrogen) atoms. The molecule has 3 heteroatoms. The molecular formula is C19H37NO2. The van der Waals surface area contributed by atoms with Crippen molar-refractivity contribution in [3.63, 3.8) is 0 Å². The lowest BCUT2D eigenvalue weighted by molar-refractivity contribution is -0.0659. The van der Waals surface area contributed by atoms with Gasteiger partial charge in [-0.2, -0.15) is 0 Å². The summed E-state index contributed by atoms with van der Waals surface area (Å²) in [6, 6.07) is 0. The van der Waals surface area contributed by atoms with Crippen molar-refractivity contribution in [2.75, 3.05) is 39.5 Å². The molecule has 130 valence electrons. The average Bonchev–Trinajstić information content (AvgIpc) is 2.45. The van der Waals surface area contributed by atoms with Crippen LogP contribution in [-0.2, 0) is 9.47 Å². The average molecular weight is 312 g/mol. The van der Waals surface area contributed by atoms with Gasteiger partial charge in [-0.1, -0.05) is 34.6 Å². The van der Waals surface area contributed by atoms with Crippen molar-refractivity contribution >= 4 is 0 Å². The number of morpholine rings is 1. The van der Waals surface area contributed by atoms with Crippen molar-refractivity contribution in [3.8, 4) is 0 Å². The molecule has 0 aromatic rings. The van der Waals surface area contributed by atoms with Gasteiger partial charge in [0.25, 0.3) is 0 Å². The number of rotatable bonds is 5. The fraction of sp³-hybridized carbons (Fsp3) is 1.00. The largest absolute Gasteiger partial charge is 0.381 e. The molecule has 2 fully saturated rings. The van der Waals surface area contributed by atoms with Gasteiger partial charge < -0.3 is 9.47 Å². The highest BCUT2D eigenvalue weighted by Crippen LogP contribution is 2.39. The van der Waals surface area contributed by atoms with Gasteiger partial charge in [0.15, 0.2) is 0 Å². The zero-order valence-electron chi connectivity index (χ0n) is 15.5. The number of ether oxygens (including phenoxy) is 2. The first kappa shape index (κ1) is 18.2. The van der Waals surface area contributed by atoms with Crippen LogP contribution in [-0.4, -0.2) is 50.5 Å². The Hall–Kier alpha value is -0.120. The van der Waals surface area contributed by atoms with E-state index in [1.54, 1.807) is 0 Å². The molecule has 0 aromatic heterocycles. The van der Waals surface area contributed by atoms with Crippen LogP contribution in [0.15, 0.2) is 0 Å². The minimum atomic E-state index is 0.363. The highest BCUT2D eigenvalue weighted by molar-refractivity contribution is 4.85. The maximum absolute atomic E-state index is 6.09. The first-order chi connectivity index (χ1) is 10.3. The minimum Gasteiger partial charge on any atom is -0.381 e. The van der Waals surface area contributed by atoms with Gasteiger partial charge in [-0.3, -0.25) is 4.90 Å². The second-order valence-electron chi connectivity index (χ2n) is 9.18. The molecular weight excluding hydrogens is 274 g/mol. The van der Waals surface area contributed by atoms with Crippen LogP contribution in [0.2, 0.25) is 0 Å². The number of hydrogen-bond donors (Lipinski definition) is 0. The normalized spacial score (nSPS) is 26.3. The van der Waals surface area contributed by atoms with Crippen LogP contribution < -0.4 is 0 Å². The third-order valence-corrected chi connectivity index (χ3v) is 5.48. The van der Waals surface area contributed by atoms with E-state index >= 15 is 0 Å². The van der Waals surface area contributed by atoms with Crippen molar-refractivity contribution in [2.45, 2.75) is 66.4 Å². The first-order valence-corrected chi connectivity index (χ1v) is 9.18. The fourth-order valence-corrected chi connectivity index (χ4v) is 3.83. The van der Waals surface area contributed by atoms with E-state index in [9.17, 15) is 0 Å². The van der Waals surface area contributed by atoms with Crippen LogP contribution in [0.5, 0.6) is 0 Å². The van der Waals surface area contributed by atoms with Gasteiger partial charge >= 0.3 is 0 Å². The van der Waals surface area contributed by atoms with Crippen molar-refractivity contribution in [2.24, 2.45) is 16.7 Å². The molecule has 0 bridgehead atoms. The zero-order valence-corrected chi connectivity index (χ0v) is 15.5. The maximum Gasteiger partial charge on any atom is 0.0707 e. The molecule has 0 saturated carbocycles. The third kappa shape index (κ3) is 5.82. The van der Waals surface area contributed by atoms with E-state index in [0.29, 0.717) is 16.9 Å². The Balaban J connectivity index is 1.81. The van der Waals surface area contributed by atoms with Crippen molar-refractivity contribution in [1.82, 2.24) is 4.90 Å². The molecule has 3 nitrogen and oxygen atoms in total. The maximum atomic E-state index is 6.09. The van der Waals surface area contributed by atoms with Gasteiger partial charge in [0.05, 0.1) is 12.7 Å². The van der Waals surface area contributed by atoms with Crippen molar-refractivity contribution in [1.29, 1.82) is 0 Å². The Kier molecular flexibility index (Phi) is 6.32. The zero-order chi connectivity index (χ0) is 16.2. The molecule has 2 saturated heterocycles. The molecule has 1 unspecified atom stereocenters. The van der Waals surface area contributed by atoms with Crippen LogP contribution in [0, 0.1) is 16.7 Å². The Labute approximate surface area is 137 Å². The van der Waals surface area contributed by atoms with E-state index in [4.69, 9.17) is 9.47 Å². The number of nitrogens with zero attached hydrogens (tertiary/aromatic N) is 1. The van der Waals surface area contributed by atoms with Crippen LogP contribution >= 0.6 is 0 Å². The van der Waals surface area contributed by atoms with Crippen LogP contribution in [0.4, 0.5) is 0 Å². The summed E-state index contributed by atoms with van der Waals surface area (Å²) in [5.74, 6) is 0.787. The number of hydrogen-bond acceptors (Lipinski definition) is 3. The smallest absolute Gasteiger partial charge is 0.0707 e. The molecule has 0 aromatic carbocycles. The summed E-state index contributed by atoms with van der Waals surface area (Å²) in [5.41, 5.74) is 0.788. The highest BCUT2D eigenvalue weighted by Gasteiger charge is 2.35. The first-order valence-electron chi connectivity index (χ1n) is 9.18. The highest BCUT2D eigenvalue weighted by atomic mass is 16.5. The van der Waals surface area contributed by atoms with E-state index in [2.05, 4.69) is 39.5 Å². The Bertz CT molecular complexity index is 329. The van der Waals surface area contributed by atoms with E-state index in [1.165, 1.54) is 32.2 Å². The van der Waals surface area contributed by atoms with Crippen molar-refractivity contribution < 1.29 is 9.47 Å². The molecule has 0 radical (unpaired) electrons. The van der Waals surface area contributed by atoms with E-state index in [-0.39, 0.29) is 0 Å². The summed E-state index contributed by atoms with van der Waals surface area (Å²) in [7, 11) is 0. The quantitative estimate of drug-likeness (QED) is 0.767. The van der Waals surface area contributed by atoms with E-state index in [1.807, 2.05) is 0 Å². The standard InChI is InChI=1S/C19H37NO2/c1-18(2,3)8-9-20-10-13-22-17(15-20)14-19(4,5)16-6-11-21-12-7-16/h16-17H,6-15H2,1-5H3. The molecule has 2 rings (SSSR count). The Morgan fingerprint density at radius 1 is 1.00 bits per heavy atom. The third-order valence-electron chi connectivity index (χ3n) is 5.48. The summed E-state index contributed by atoms with van der Waals surface area (Å²) < 4.78 is 11.6. The molecule has 2 aliphatic rings. The molecule has 0 amide bonds. The fourth-order valence-electron chi connectivity index (χ4n) is 3.83. The summed E-state index contributed by atoms with van der Waals surface area (Å²) in [6.07, 6.45) is 5.29. The molecule has 0 spiro atoms. The lowest BCUT2D eigenvalue weighted by atomic mass is 9.71. The lowest BCUT2D eigenvalue weighted by Crippen LogP contribution is -2.46. The lowest BCUT2D eigenvalue weighted by Gasteiger charge is -2.42. The van der Waals surface area contributed by atoms with Gasteiger partial charge in [0, 0.05) is 26.3 Å². The predicted octanol–water partition coefficient (Wildman–Crippen LogP) is 3.97. The summed E-state index contributed by atoms with van der Waals surface area (Å²) in [4.78, 5) is 2.61. The minimum absolute atomic E-state index is 0.363. The SMILES string of the molecule is CC(C)(C)CCN1CCOC(CC(C)(C)C2CCOCC2)C1. The topological polar surface area (TPSA) is 21.7 Å². The van der Waals surface area contributed by atoms with Crippen LogP contribution in [0.3, 0.4) is 0 Å². The van der Waals surface area contributed by atoms with Gasteiger partial charge in [0.2, 0.25) is 0 Å². The van der Waals surface area contributed by atoms with Crippen LogP contribution in [0.1, 0.15) is 60.3 Å². The van der Waals surface area contributed by atoms with Gasteiger partial charge in [0.1, 0.15) is 0 Å². The Morgan fingerprint density at radius 3 is 2.32 bits per heavy atom. The summed E-state index contributed by atoms with van der Waals surface area (Å²) in [6.45, 7) is 18.1. The van der Waals surface area contributed by atoms with Gasteiger partial charge in [-0.15, -0.1) is 0 Å². The second kappa shape index (κ2) is 7.63. The summed E-state index contributed by atoms with van der Waals surface area (Å²) >= 11 is 0. The monoisotopic (exact) mass is 311 g/mol. The predicted molar refractivity (Wildman–Crippen MR) is 92.2 cm³/mol. The van der Waals surface area contributed by atoms with Crippen LogP contribution in [0.25, 0.3) is 0 Å². The van der Waals surface area contributed by atoms with Gasteiger partial charge in [-0.25, -0.2) is 0 Å². The van der Waals surface area contributed by atoms with E-state index in [0.717, 1.165) is 38.8 Å². The molecule has 2 heterocycles. The summed E-state index contributed by atoms with van der Waals surface area (Å²) in [5, 5.41) is 0. The van der Waals surface area contributed by atoms with Gasteiger partial charge in [-0.05, 0) is 49.0 Å². The van der Waals surface area contributed by atoms with E-state index < -0.39 is 0 Å². The Morgan fingerprint density at radius 2 is 1.68 bits per heavy atom. The molecule has 1 atom stereocenters. The molecule has 0 aliphatic carbocycles. The molecule has 0 N–H and O–H groups in total.